The third-order valence-electron chi connectivity index (χ3n) is 14.7. The molecule has 2 N–H and O–H groups in total. The molecule has 10 rings (SSSR count). The van der Waals surface area contributed by atoms with E-state index in [4.69, 9.17) is 9.73 Å². The minimum Gasteiger partial charge on any atom is -0.508 e. The monoisotopic (exact) mass is 933 g/mol. The van der Waals surface area contributed by atoms with Gasteiger partial charge >= 0.3 is 6.18 Å². The number of hydrogen-bond acceptors (Lipinski definition) is 10. The highest BCUT2D eigenvalue weighted by molar-refractivity contribution is 7.15. The maximum absolute atomic E-state index is 16.3. The first kappa shape index (κ1) is 45.0. The third kappa shape index (κ3) is 8.37. The molecule has 350 valence electrons. The van der Waals surface area contributed by atoms with Crippen molar-refractivity contribution in [2.45, 2.75) is 83.0 Å². The zero-order chi connectivity index (χ0) is 46.9. The topological polar surface area (TPSA) is 102 Å². The number of aliphatic hydroxyl groups is 1. The van der Waals surface area contributed by atoms with Gasteiger partial charge in [-0.25, -0.2) is 4.39 Å². The molecule has 67 heavy (non-hydrogen) atoms. The van der Waals surface area contributed by atoms with Crippen LogP contribution in [0.15, 0.2) is 83.9 Å². The number of nitrogens with zero attached hydrogens (tertiary/aromatic N) is 7. The number of rotatable bonds is 8. The second kappa shape index (κ2) is 17.4. The van der Waals surface area contributed by atoms with Gasteiger partial charge in [0.2, 0.25) is 0 Å². The van der Waals surface area contributed by atoms with Crippen molar-refractivity contribution in [2.24, 2.45) is 4.99 Å². The molecule has 3 aliphatic heterocycles. The first-order chi connectivity index (χ1) is 32.1. The molecular weight excluding hydrogens is 879 g/mol. The van der Waals surface area contributed by atoms with Crippen molar-refractivity contribution in [2.75, 3.05) is 62.7 Å². The van der Waals surface area contributed by atoms with Crippen molar-refractivity contribution in [3.05, 3.63) is 146 Å². The Morgan fingerprint density at radius 2 is 1.52 bits per heavy atom. The number of piperidine rings is 1. The van der Waals surface area contributed by atoms with Crippen molar-refractivity contribution in [3.63, 3.8) is 0 Å². The molecule has 2 saturated heterocycles. The fourth-order valence-electron chi connectivity index (χ4n) is 10.9. The number of phenols is 1. The summed E-state index contributed by atoms with van der Waals surface area (Å²) in [7, 11) is 1.65. The molecule has 5 heterocycles. The van der Waals surface area contributed by atoms with E-state index in [-0.39, 0.29) is 29.4 Å². The summed E-state index contributed by atoms with van der Waals surface area (Å²) >= 11 is 1.65. The lowest BCUT2D eigenvalue weighted by atomic mass is 9.69. The van der Waals surface area contributed by atoms with Gasteiger partial charge < -0.3 is 24.7 Å². The summed E-state index contributed by atoms with van der Waals surface area (Å²) in [6, 6.07) is 22.3. The van der Waals surface area contributed by atoms with Gasteiger partial charge in [0.25, 0.3) is 0 Å². The van der Waals surface area contributed by atoms with Crippen LogP contribution in [0.4, 0.5) is 28.9 Å². The Morgan fingerprint density at radius 3 is 2.22 bits per heavy atom. The number of aryl methyl sites for hydroxylation is 3. The van der Waals surface area contributed by atoms with Gasteiger partial charge in [-0.2, -0.15) is 13.2 Å². The smallest absolute Gasteiger partial charge is 0.416 e. The van der Waals surface area contributed by atoms with E-state index in [9.17, 15) is 23.4 Å². The number of alkyl halides is 3. The summed E-state index contributed by atoms with van der Waals surface area (Å²) in [4.78, 5) is 13.0. The number of phenolic OH excluding ortho intramolecular Hbond substituents is 1. The lowest BCUT2D eigenvalue weighted by molar-refractivity contribution is -0.137. The van der Waals surface area contributed by atoms with Gasteiger partial charge in [0.15, 0.2) is 5.82 Å². The largest absolute Gasteiger partial charge is 0.508 e. The van der Waals surface area contributed by atoms with Gasteiger partial charge in [-0.05, 0) is 130 Å². The van der Waals surface area contributed by atoms with Crippen LogP contribution in [-0.2, 0) is 12.6 Å². The number of fused-ring (bicyclic) bond motifs is 4. The minimum atomic E-state index is -4.42. The predicted octanol–water partition coefficient (Wildman–Crippen LogP) is 10.1. The van der Waals surface area contributed by atoms with Gasteiger partial charge in [-0.1, -0.05) is 24.3 Å². The van der Waals surface area contributed by atoms with Gasteiger partial charge in [0.1, 0.15) is 34.2 Å². The number of aliphatic imine (C=N–C) groups is 1. The normalized spacial score (nSPS) is 20.7. The summed E-state index contributed by atoms with van der Waals surface area (Å²) < 4.78 is 65.0. The van der Waals surface area contributed by atoms with Crippen molar-refractivity contribution < 1.29 is 32.5 Å². The Kier molecular flexibility index (Phi) is 11.7. The van der Waals surface area contributed by atoms with Crippen molar-refractivity contribution in [3.8, 4) is 16.5 Å². The molecule has 1 aliphatic carbocycles. The SMILES string of the molecule is COc1cc(N2CCN(CC3(O)CCN(c4ccc(C5=N[C@@H](C)c6nnc(C)n6-c6sc(C)c(C)c65)c(F)c4)CC3)CC2)ccc1[C@H]1c2ccc(O)cc2CC[C@H]1c1ccc(C(F)(F)F)cc1. The number of halogens is 4. The highest BCUT2D eigenvalue weighted by Gasteiger charge is 2.38. The van der Waals surface area contributed by atoms with E-state index < -0.39 is 17.3 Å². The highest BCUT2D eigenvalue weighted by atomic mass is 32.1. The zero-order valence-electron chi connectivity index (χ0n) is 38.4. The van der Waals surface area contributed by atoms with E-state index in [1.807, 2.05) is 32.0 Å². The van der Waals surface area contributed by atoms with Gasteiger partial charge in [-0.15, -0.1) is 21.5 Å². The first-order valence-corrected chi connectivity index (χ1v) is 23.9. The number of anilines is 2. The van der Waals surface area contributed by atoms with Crippen LogP contribution in [0, 0.1) is 26.6 Å². The average Bonchev–Trinajstić information content (AvgIpc) is 3.80. The van der Waals surface area contributed by atoms with Crippen LogP contribution in [0.5, 0.6) is 11.5 Å². The Bertz CT molecular complexity index is 2860. The third-order valence-corrected chi connectivity index (χ3v) is 15.9. The van der Waals surface area contributed by atoms with Gasteiger partial charge in [0, 0.05) is 90.7 Å². The number of aromatic hydroxyl groups is 1. The second-order valence-electron chi connectivity index (χ2n) is 18.7. The average molecular weight is 934 g/mol. The van der Waals surface area contributed by atoms with E-state index in [1.54, 1.807) is 48.8 Å². The van der Waals surface area contributed by atoms with E-state index in [1.165, 1.54) is 0 Å². The van der Waals surface area contributed by atoms with Gasteiger partial charge in [-0.3, -0.25) is 14.5 Å². The molecule has 0 unspecified atom stereocenters. The molecule has 0 amide bonds. The molecule has 0 radical (unpaired) electrons. The van der Waals surface area contributed by atoms with Crippen LogP contribution in [0.1, 0.15) is 105 Å². The predicted molar refractivity (Wildman–Crippen MR) is 254 cm³/mol. The van der Waals surface area contributed by atoms with Crippen LogP contribution in [0.2, 0.25) is 0 Å². The fourth-order valence-corrected chi connectivity index (χ4v) is 12.1. The lowest BCUT2D eigenvalue weighted by Gasteiger charge is -2.44. The number of β-amino-alcohol motifs (C(OH)–C–C–N with tert-alkyl or cyclic N) is 1. The Hall–Kier alpha value is -5.77. The van der Waals surface area contributed by atoms with E-state index in [0.29, 0.717) is 62.3 Å². The van der Waals surface area contributed by atoms with Crippen molar-refractivity contribution in [1.29, 1.82) is 0 Å². The van der Waals surface area contributed by atoms with E-state index in [2.05, 4.69) is 61.5 Å². The summed E-state index contributed by atoms with van der Waals surface area (Å²) in [6.45, 7) is 12.8. The molecule has 2 fully saturated rings. The number of ether oxygens (including phenoxy) is 1. The molecule has 2 aromatic heterocycles. The molecule has 0 saturated carbocycles. The Labute approximate surface area is 392 Å². The molecule has 4 aromatic carbocycles. The fraction of sp³-hybridized carbons (Fsp3) is 0.404. The number of thiophene rings is 1. The first-order valence-electron chi connectivity index (χ1n) is 23.1. The van der Waals surface area contributed by atoms with Crippen LogP contribution >= 0.6 is 11.3 Å². The summed E-state index contributed by atoms with van der Waals surface area (Å²) in [5, 5.41) is 31.9. The molecule has 15 heteroatoms. The number of benzene rings is 4. The maximum Gasteiger partial charge on any atom is 0.416 e. The lowest BCUT2D eigenvalue weighted by Crippen LogP contribution is -2.55. The number of methoxy groups -OCH3 is 1. The molecule has 0 spiro atoms. The minimum absolute atomic E-state index is 0.0997. The second-order valence-corrected chi connectivity index (χ2v) is 20.0. The molecule has 10 nitrogen and oxygen atoms in total. The Morgan fingerprint density at radius 1 is 0.836 bits per heavy atom. The maximum atomic E-state index is 16.3. The van der Waals surface area contributed by atoms with Crippen LogP contribution < -0.4 is 14.5 Å². The number of hydrogen-bond donors (Lipinski definition) is 2. The molecule has 0 bridgehead atoms. The van der Waals surface area contributed by atoms with Gasteiger partial charge in [0.05, 0.1) is 24.0 Å². The van der Waals surface area contributed by atoms with Crippen LogP contribution in [0.3, 0.4) is 0 Å². The molecule has 6 aromatic rings. The number of piperazine rings is 1. The summed E-state index contributed by atoms with van der Waals surface area (Å²) in [5.41, 5.74) is 7.16. The number of aromatic nitrogens is 3. The standard InChI is InChI=1S/C52H55F4N7O3S/c1-30-32(3)67-50-46(30)48(57-31(2)49-59-58-33(4)63(49)50)42-15-11-37(27-44(42)53)61-20-18-51(65,19-21-61)29-60-22-24-62(25-23-60)38-12-16-43(45(28-38)66-5)47-40(14-8-35-26-39(64)13-17-41(35)47)34-6-9-36(10-7-34)52(54,55)56/h6-7,9-13,15-17,26-28,31,40,47,64-65H,8,14,18-25,29H2,1-5H3/t31-,40-,47+/m0/s1. The quantitative estimate of drug-likeness (QED) is 0.146. The van der Waals surface area contributed by atoms with Crippen molar-refractivity contribution >= 4 is 28.4 Å². The van der Waals surface area contributed by atoms with E-state index in [0.717, 1.165) is 105 Å². The Balaban J connectivity index is 0.792. The van der Waals surface area contributed by atoms with Crippen LogP contribution in [0.25, 0.3) is 5.00 Å². The summed E-state index contributed by atoms with van der Waals surface area (Å²) in [6.07, 6.45) is -1.90. The van der Waals surface area contributed by atoms with Crippen molar-refractivity contribution in [1.82, 2.24) is 19.7 Å². The van der Waals surface area contributed by atoms with E-state index >= 15 is 4.39 Å². The molecule has 4 aliphatic rings. The molecule has 3 atom stereocenters. The molecular formula is C52H55F4N7O3S. The summed E-state index contributed by atoms with van der Waals surface area (Å²) in [5.74, 6) is 1.78. The highest BCUT2D eigenvalue weighted by Crippen LogP contribution is 2.50. The zero-order valence-corrected chi connectivity index (χ0v) is 39.2. The van der Waals surface area contributed by atoms with Crippen LogP contribution in [-0.4, -0.2) is 94.1 Å².